The average molecular weight is 721 g/mol. The second-order valence-corrected chi connectivity index (χ2v) is 19.4. The van der Waals surface area contributed by atoms with Crippen LogP contribution in [-0.2, 0) is 4.74 Å². The van der Waals surface area contributed by atoms with Gasteiger partial charge in [-0.1, -0.05) is 13.8 Å². The maximum Gasteiger partial charge on any atom is 0.106 e. The fourth-order valence-electron chi connectivity index (χ4n) is 8.41. The van der Waals surface area contributed by atoms with Crippen LogP contribution in [0.4, 0.5) is 0 Å². The molecule has 6 aliphatic rings. The molecule has 9 nitrogen and oxygen atoms in total. The van der Waals surface area contributed by atoms with E-state index in [0.717, 1.165) is 69.0 Å². The molecule has 6 fully saturated rings. The summed E-state index contributed by atoms with van der Waals surface area (Å²) in [6, 6.07) is 6.36. The Morgan fingerprint density at radius 2 is 0.745 bits per heavy atom. The largest absolute Gasteiger partial charge is 0.370 e. The number of rotatable bonds is 9. The summed E-state index contributed by atoms with van der Waals surface area (Å²) < 4.78 is 5.98. The molecule has 0 atom stereocenters. The second kappa shape index (κ2) is 20.0. The summed E-state index contributed by atoms with van der Waals surface area (Å²) in [5.74, 6) is 0. The predicted octanol–water partition coefficient (Wildman–Crippen LogP) is 5.11. The molecule has 0 aromatic rings. The van der Waals surface area contributed by atoms with Crippen LogP contribution in [0.1, 0.15) is 111 Å². The zero-order valence-corrected chi connectivity index (χ0v) is 36.8. The molecule has 9 heteroatoms. The summed E-state index contributed by atoms with van der Waals surface area (Å²) in [4.78, 5) is 17.8. The van der Waals surface area contributed by atoms with Crippen molar-refractivity contribution in [3.63, 3.8) is 0 Å². The third-order valence-electron chi connectivity index (χ3n) is 12.4. The molecule has 6 heterocycles. The SMILES string of the molecule is CC(C)N1CC2(C1)CN(C(C)C)C2.CC(C)N1CCN(C(C)C)CC1.CC(C)N1CCOC2(C1)CN(C(C)C)C2.CC(C)NC1CN(C(C)C)C1. The van der Waals surface area contributed by atoms with Crippen molar-refractivity contribution in [1.29, 1.82) is 0 Å². The van der Waals surface area contributed by atoms with Crippen LogP contribution in [0.3, 0.4) is 0 Å². The normalized spacial score (nSPS) is 25.2. The molecule has 0 bridgehead atoms. The van der Waals surface area contributed by atoms with Gasteiger partial charge in [-0.15, -0.1) is 0 Å². The van der Waals surface area contributed by atoms with E-state index in [4.69, 9.17) is 4.74 Å². The van der Waals surface area contributed by atoms with Crippen LogP contribution in [0.5, 0.6) is 0 Å². The Balaban J connectivity index is 0.000000185. The van der Waals surface area contributed by atoms with Crippen LogP contribution < -0.4 is 5.32 Å². The van der Waals surface area contributed by atoms with Crippen molar-refractivity contribution in [2.75, 3.05) is 98.2 Å². The number of nitrogens with zero attached hydrogens (tertiary/aromatic N) is 7. The highest BCUT2D eigenvalue weighted by atomic mass is 16.5. The molecular formula is C42H88N8O. The molecular weight excluding hydrogens is 633 g/mol. The van der Waals surface area contributed by atoms with Crippen LogP contribution in [0, 0.1) is 5.41 Å². The maximum atomic E-state index is 5.98. The highest BCUT2D eigenvalue weighted by Gasteiger charge is 2.52. The number of nitrogens with one attached hydrogen (secondary N) is 1. The molecule has 0 aromatic heterocycles. The lowest BCUT2D eigenvalue weighted by Gasteiger charge is -2.62. The number of hydrogen-bond donors (Lipinski definition) is 1. The maximum absolute atomic E-state index is 5.98. The Bertz CT molecular complexity index is 910. The highest BCUT2D eigenvalue weighted by Crippen LogP contribution is 2.41. The van der Waals surface area contributed by atoms with Crippen LogP contribution in [-0.4, -0.2) is 193 Å². The second-order valence-electron chi connectivity index (χ2n) is 19.4. The predicted molar refractivity (Wildman–Crippen MR) is 220 cm³/mol. The molecule has 6 saturated heterocycles. The van der Waals surface area contributed by atoms with Crippen LogP contribution >= 0.6 is 0 Å². The van der Waals surface area contributed by atoms with E-state index in [-0.39, 0.29) is 5.60 Å². The number of morpholine rings is 1. The summed E-state index contributed by atoms with van der Waals surface area (Å²) in [5.41, 5.74) is 0.862. The van der Waals surface area contributed by atoms with Gasteiger partial charge in [0.05, 0.1) is 6.61 Å². The summed E-state index contributed by atoms with van der Waals surface area (Å²) in [6.07, 6.45) is 0. The summed E-state index contributed by atoms with van der Waals surface area (Å²) >= 11 is 0. The van der Waals surface area contributed by atoms with Crippen molar-refractivity contribution in [3.8, 4) is 0 Å². The van der Waals surface area contributed by atoms with Crippen molar-refractivity contribution >= 4 is 0 Å². The molecule has 302 valence electrons. The van der Waals surface area contributed by atoms with E-state index in [1.54, 1.807) is 0 Å². The number of piperazine rings is 1. The van der Waals surface area contributed by atoms with Crippen LogP contribution in [0.15, 0.2) is 0 Å². The Morgan fingerprint density at radius 1 is 0.412 bits per heavy atom. The van der Waals surface area contributed by atoms with Gasteiger partial charge in [0.25, 0.3) is 0 Å². The van der Waals surface area contributed by atoms with Gasteiger partial charge in [0, 0.05) is 151 Å². The van der Waals surface area contributed by atoms with Gasteiger partial charge in [-0.25, -0.2) is 0 Å². The Morgan fingerprint density at radius 3 is 1.08 bits per heavy atom. The zero-order chi connectivity index (χ0) is 38.3. The van der Waals surface area contributed by atoms with Crippen LogP contribution in [0.25, 0.3) is 0 Å². The Labute approximate surface area is 318 Å². The molecule has 0 amide bonds. The summed E-state index contributed by atoms with van der Waals surface area (Å²) in [6.45, 7) is 54.5. The van der Waals surface area contributed by atoms with Crippen molar-refractivity contribution in [3.05, 3.63) is 0 Å². The van der Waals surface area contributed by atoms with Gasteiger partial charge in [-0.05, 0) is 96.9 Å². The van der Waals surface area contributed by atoms with Gasteiger partial charge in [0.2, 0.25) is 0 Å². The first-order chi connectivity index (χ1) is 23.7. The topological polar surface area (TPSA) is 43.9 Å². The van der Waals surface area contributed by atoms with E-state index in [1.165, 1.54) is 65.4 Å². The van der Waals surface area contributed by atoms with Gasteiger partial charge >= 0.3 is 0 Å². The van der Waals surface area contributed by atoms with Gasteiger partial charge in [0.15, 0.2) is 0 Å². The average Bonchev–Trinajstić information content (AvgIpc) is 2.96. The fraction of sp³-hybridized carbons (Fsp3) is 1.00. The van der Waals surface area contributed by atoms with E-state index in [1.807, 2.05) is 0 Å². The highest BCUT2D eigenvalue weighted by molar-refractivity contribution is 5.07. The minimum absolute atomic E-state index is 0.160. The minimum Gasteiger partial charge on any atom is -0.370 e. The Kier molecular flexibility index (Phi) is 17.7. The molecule has 6 aliphatic heterocycles. The van der Waals surface area contributed by atoms with Gasteiger partial charge < -0.3 is 10.1 Å². The molecule has 0 radical (unpaired) electrons. The number of ether oxygens (including phenoxy) is 1. The van der Waals surface area contributed by atoms with E-state index < -0.39 is 0 Å². The van der Waals surface area contributed by atoms with Crippen molar-refractivity contribution in [1.82, 2.24) is 39.6 Å². The third kappa shape index (κ3) is 13.4. The molecule has 0 unspecified atom stereocenters. The zero-order valence-electron chi connectivity index (χ0n) is 36.8. The van der Waals surface area contributed by atoms with Crippen molar-refractivity contribution in [2.45, 2.75) is 171 Å². The molecule has 2 spiro atoms. The van der Waals surface area contributed by atoms with Crippen molar-refractivity contribution < 1.29 is 4.74 Å². The summed E-state index contributed by atoms with van der Waals surface area (Å²) in [5, 5.41) is 3.52. The van der Waals surface area contributed by atoms with Crippen molar-refractivity contribution in [2.24, 2.45) is 5.41 Å². The molecule has 1 N–H and O–H groups in total. The monoisotopic (exact) mass is 721 g/mol. The quantitative estimate of drug-likeness (QED) is 0.351. The number of hydrogen-bond acceptors (Lipinski definition) is 9. The van der Waals surface area contributed by atoms with Gasteiger partial charge in [0.1, 0.15) is 5.60 Å². The Hall–Kier alpha value is -0.360. The van der Waals surface area contributed by atoms with Gasteiger partial charge in [-0.2, -0.15) is 0 Å². The molecule has 6 rings (SSSR count). The van der Waals surface area contributed by atoms with Crippen LogP contribution in [0.2, 0.25) is 0 Å². The first kappa shape index (κ1) is 45.0. The summed E-state index contributed by atoms with van der Waals surface area (Å²) in [7, 11) is 0. The molecule has 0 saturated carbocycles. The van der Waals surface area contributed by atoms with E-state index in [9.17, 15) is 0 Å². The molecule has 0 aromatic carbocycles. The smallest absolute Gasteiger partial charge is 0.106 e. The van der Waals surface area contributed by atoms with E-state index in [2.05, 4.69) is 150 Å². The molecule has 0 aliphatic carbocycles. The fourth-order valence-corrected chi connectivity index (χ4v) is 8.41. The first-order valence-electron chi connectivity index (χ1n) is 21.3. The van der Waals surface area contributed by atoms with E-state index in [0.29, 0.717) is 23.5 Å². The first-order valence-corrected chi connectivity index (χ1v) is 21.3. The third-order valence-corrected chi connectivity index (χ3v) is 12.4. The minimum atomic E-state index is 0.160. The standard InChI is InChI=1S/C12H24N2O.C11H22N2.C10H22N2.C9H20N2/c1-10(2)13-5-6-15-12(7-13)8-14(9-12)11(3)4;1-9(2)12-5-11(6-12)7-13(8-11)10(3)4;1-9(2)11-5-7-12(8-6-11)10(3)4;1-7(2)10-9-5-11(6-9)8(3)4/h10-11H,5-9H2,1-4H3;9-10H,5-8H2,1-4H3;9-10H,5-8H2,1-4H3;7-10H,5-6H2,1-4H3. The lowest BCUT2D eigenvalue weighted by atomic mass is 9.72. The van der Waals surface area contributed by atoms with Gasteiger partial charge in [-0.3, -0.25) is 34.3 Å². The number of likely N-dealkylation sites (tertiary alicyclic amines) is 4. The van der Waals surface area contributed by atoms with E-state index >= 15 is 0 Å². The lowest BCUT2D eigenvalue weighted by molar-refractivity contribution is -0.194. The lowest BCUT2D eigenvalue weighted by Crippen LogP contribution is -2.73. The molecule has 51 heavy (non-hydrogen) atoms.